The van der Waals surface area contributed by atoms with E-state index in [2.05, 4.69) is 26.2 Å². The molecule has 7 heteroatoms. The average Bonchev–Trinajstić information content (AvgIpc) is 2.76. The summed E-state index contributed by atoms with van der Waals surface area (Å²) in [6.07, 6.45) is 1.23. The molecule has 0 aliphatic heterocycles. The van der Waals surface area contributed by atoms with Crippen LogP contribution in [0.2, 0.25) is 0 Å². The van der Waals surface area contributed by atoms with Crippen molar-refractivity contribution in [3.05, 3.63) is 40.1 Å². The summed E-state index contributed by atoms with van der Waals surface area (Å²) in [6.45, 7) is 0. The third kappa shape index (κ3) is 2.38. The predicted octanol–water partition coefficient (Wildman–Crippen LogP) is 1.53. The summed E-state index contributed by atoms with van der Waals surface area (Å²) in [6, 6.07) is 6.97. The maximum Gasteiger partial charge on any atom is 0.309 e. The molecule has 0 atom stereocenters. The van der Waals surface area contributed by atoms with Crippen molar-refractivity contribution in [2.24, 2.45) is 0 Å². The summed E-state index contributed by atoms with van der Waals surface area (Å²) in [5.41, 5.74) is 1.61. The quantitative estimate of drug-likeness (QED) is 0.928. The first-order valence-corrected chi connectivity index (χ1v) is 5.72. The molecule has 18 heavy (non-hydrogen) atoms. The number of benzene rings is 1. The lowest BCUT2D eigenvalue weighted by Gasteiger charge is -2.07. The van der Waals surface area contributed by atoms with E-state index < -0.39 is 5.97 Å². The fourth-order valence-electron chi connectivity index (χ4n) is 1.48. The first kappa shape index (κ1) is 12.3. The van der Waals surface area contributed by atoms with Gasteiger partial charge in [-0.2, -0.15) is 5.26 Å². The molecule has 0 fully saturated rings. The Labute approximate surface area is 111 Å². The van der Waals surface area contributed by atoms with Crippen molar-refractivity contribution in [1.29, 1.82) is 5.26 Å². The number of hydrogen-bond acceptors (Lipinski definition) is 4. The van der Waals surface area contributed by atoms with Crippen LogP contribution in [0.1, 0.15) is 11.3 Å². The van der Waals surface area contributed by atoms with Crippen LogP contribution in [0.4, 0.5) is 0 Å². The molecular formula is C11H7BrN4O2. The molecule has 0 amide bonds. The van der Waals surface area contributed by atoms with E-state index in [1.807, 2.05) is 6.07 Å². The van der Waals surface area contributed by atoms with Gasteiger partial charge >= 0.3 is 5.97 Å². The zero-order chi connectivity index (χ0) is 13.1. The molecule has 0 radical (unpaired) electrons. The minimum absolute atomic E-state index is 0.167. The highest BCUT2D eigenvalue weighted by Crippen LogP contribution is 2.22. The van der Waals surface area contributed by atoms with Crippen molar-refractivity contribution in [3.63, 3.8) is 0 Å². The SMILES string of the molecule is N#Cc1ccc(-n2nncc2CC(=O)O)c(Br)c1. The second-order valence-corrected chi connectivity index (χ2v) is 4.34. The van der Waals surface area contributed by atoms with E-state index in [9.17, 15) is 4.79 Å². The molecule has 1 N–H and O–H groups in total. The Morgan fingerprint density at radius 1 is 1.56 bits per heavy atom. The number of aliphatic carboxylic acids is 1. The zero-order valence-corrected chi connectivity index (χ0v) is 10.6. The van der Waals surface area contributed by atoms with Crippen LogP contribution in [0, 0.1) is 11.3 Å². The van der Waals surface area contributed by atoms with Gasteiger partial charge in [-0.3, -0.25) is 4.79 Å². The lowest BCUT2D eigenvalue weighted by Crippen LogP contribution is -2.08. The maximum atomic E-state index is 10.7. The number of aromatic nitrogens is 3. The van der Waals surface area contributed by atoms with Crippen LogP contribution in [-0.2, 0) is 11.2 Å². The Hall–Kier alpha value is -2.20. The number of carbonyl (C=O) groups is 1. The molecule has 2 rings (SSSR count). The molecule has 2 aromatic rings. The number of rotatable bonds is 3. The van der Waals surface area contributed by atoms with Crippen LogP contribution in [0.25, 0.3) is 5.69 Å². The Morgan fingerprint density at radius 3 is 2.94 bits per heavy atom. The Bertz CT molecular complexity index is 645. The van der Waals surface area contributed by atoms with Gasteiger partial charge in [-0.05, 0) is 34.1 Å². The average molecular weight is 307 g/mol. The molecule has 6 nitrogen and oxygen atoms in total. The first-order valence-electron chi connectivity index (χ1n) is 4.93. The van der Waals surface area contributed by atoms with Gasteiger partial charge in [-0.25, -0.2) is 4.68 Å². The molecule has 0 spiro atoms. The van der Waals surface area contributed by atoms with Gasteiger partial charge in [-0.15, -0.1) is 5.10 Å². The smallest absolute Gasteiger partial charge is 0.309 e. The van der Waals surface area contributed by atoms with Crippen LogP contribution in [-0.4, -0.2) is 26.1 Å². The number of nitrogens with zero attached hydrogens (tertiary/aromatic N) is 4. The van der Waals surface area contributed by atoms with Gasteiger partial charge in [0, 0.05) is 4.47 Å². The van der Waals surface area contributed by atoms with Crippen LogP contribution in [0.15, 0.2) is 28.9 Å². The van der Waals surface area contributed by atoms with Crippen LogP contribution in [0.3, 0.4) is 0 Å². The molecular weight excluding hydrogens is 300 g/mol. The van der Waals surface area contributed by atoms with Gasteiger partial charge in [0.15, 0.2) is 0 Å². The summed E-state index contributed by atoms with van der Waals surface area (Å²) >= 11 is 3.32. The van der Waals surface area contributed by atoms with E-state index in [1.54, 1.807) is 18.2 Å². The fraction of sp³-hybridized carbons (Fsp3) is 0.0909. The predicted molar refractivity (Wildman–Crippen MR) is 65.1 cm³/mol. The Morgan fingerprint density at radius 2 is 2.33 bits per heavy atom. The first-order chi connectivity index (χ1) is 8.61. The van der Waals surface area contributed by atoms with E-state index in [4.69, 9.17) is 10.4 Å². The van der Waals surface area contributed by atoms with Crippen molar-refractivity contribution in [2.75, 3.05) is 0 Å². The number of nitriles is 1. The fourth-order valence-corrected chi connectivity index (χ4v) is 2.03. The van der Waals surface area contributed by atoms with E-state index in [1.165, 1.54) is 10.9 Å². The van der Waals surface area contributed by atoms with Crippen LogP contribution >= 0.6 is 15.9 Å². The Kier molecular flexibility index (Phi) is 3.39. The maximum absolute atomic E-state index is 10.7. The van der Waals surface area contributed by atoms with Crippen molar-refractivity contribution < 1.29 is 9.90 Å². The van der Waals surface area contributed by atoms with Crippen LogP contribution < -0.4 is 0 Å². The summed E-state index contributed by atoms with van der Waals surface area (Å²) in [7, 11) is 0. The van der Waals surface area contributed by atoms with Gasteiger partial charge in [0.25, 0.3) is 0 Å². The number of carboxylic acids is 1. The van der Waals surface area contributed by atoms with Gasteiger partial charge in [0.05, 0.1) is 35.6 Å². The molecule has 1 heterocycles. The molecule has 0 bridgehead atoms. The second-order valence-electron chi connectivity index (χ2n) is 3.49. The van der Waals surface area contributed by atoms with Crippen LogP contribution in [0.5, 0.6) is 0 Å². The minimum atomic E-state index is -0.955. The van der Waals surface area contributed by atoms with Gasteiger partial charge in [0.1, 0.15) is 0 Å². The zero-order valence-electron chi connectivity index (χ0n) is 9.04. The summed E-state index contributed by atoms with van der Waals surface area (Å²) in [4.78, 5) is 10.7. The van der Waals surface area contributed by atoms with Crippen molar-refractivity contribution in [2.45, 2.75) is 6.42 Å². The normalized spacial score (nSPS) is 10.0. The standard InChI is InChI=1S/C11H7BrN4O2/c12-9-3-7(5-13)1-2-10(9)16-8(4-11(17)18)6-14-15-16/h1-3,6H,4H2,(H,17,18). The molecule has 0 saturated carbocycles. The highest BCUT2D eigenvalue weighted by atomic mass is 79.9. The highest BCUT2D eigenvalue weighted by Gasteiger charge is 2.12. The topological polar surface area (TPSA) is 91.8 Å². The van der Waals surface area contributed by atoms with E-state index in [0.717, 1.165) is 0 Å². The summed E-state index contributed by atoms with van der Waals surface area (Å²) in [5, 5.41) is 25.1. The van der Waals surface area contributed by atoms with Crippen molar-refractivity contribution >= 4 is 21.9 Å². The number of halogens is 1. The highest BCUT2D eigenvalue weighted by molar-refractivity contribution is 9.10. The van der Waals surface area contributed by atoms with Crippen molar-refractivity contribution in [3.8, 4) is 11.8 Å². The number of hydrogen-bond donors (Lipinski definition) is 1. The second kappa shape index (κ2) is 4.98. The van der Waals surface area contributed by atoms with Gasteiger partial charge in [-0.1, -0.05) is 5.21 Å². The van der Waals surface area contributed by atoms with Crippen molar-refractivity contribution in [1.82, 2.24) is 15.0 Å². The van der Waals surface area contributed by atoms with Gasteiger partial charge in [0.2, 0.25) is 0 Å². The molecule has 1 aromatic carbocycles. The number of carboxylic acid groups (broad SMARTS) is 1. The molecule has 0 unspecified atom stereocenters. The summed E-state index contributed by atoms with van der Waals surface area (Å²) in [5.74, 6) is -0.955. The third-order valence-electron chi connectivity index (χ3n) is 2.26. The summed E-state index contributed by atoms with van der Waals surface area (Å²) < 4.78 is 2.08. The monoisotopic (exact) mass is 306 g/mol. The third-order valence-corrected chi connectivity index (χ3v) is 2.89. The van der Waals surface area contributed by atoms with E-state index >= 15 is 0 Å². The lowest BCUT2D eigenvalue weighted by molar-refractivity contribution is -0.136. The molecule has 0 saturated heterocycles. The Balaban J connectivity index is 2.46. The molecule has 0 aliphatic rings. The molecule has 90 valence electrons. The lowest BCUT2D eigenvalue weighted by atomic mass is 10.2. The van der Waals surface area contributed by atoms with E-state index in [-0.39, 0.29) is 6.42 Å². The largest absolute Gasteiger partial charge is 0.481 e. The van der Waals surface area contributed by atoms with E-state index in [0.29, 0.717) is 21.4 Å². The minimum Gasteiger partial charge on any atom is -0.481 e. The molecule has 1 aromatic heterocycles. The van der Waals surface area contributed by atoms with Gasteiger partial charge < -0.3 is 5.11 Å². The molecule has 0 aliphatic carbocycles.